The van der Waals surface area contributed by atoms with E-state index < -0.39 is 10.1 Å². The molecule has 0 aromatic heterocycles. The van der Waals surface area contributed by atoms with Gasteiger partial charge >= 0.3 is 0 Å². The maximum Gasteiger partial charge on any atom is 0.297 e. The summed E-state index contributed by atoms with van der Waals surface area (Å²) in [6.07, 6.45) is 0. The zero-order chi connectivity index (χ0) is 13.4. The van der Waals surface area contributed by atoms with E-state index in [0.717, 1.165) is 5.56 Å². The molecule has 0 saturated carbocycles. The molecule has 7 heteroatoms. The van der Waals surface area contributed by atoms with Gasteiger partial charge in [0.2, 0.25) is 0 Å². The molecule has 1 aromatic carbocycles. The third kappa shape index (κ3) is 6.65. The zero-order valence-corrected chi connectivity index (χ0v) is 12.1. The van der Waals surface area contributed by atoms with E-state index in [1.165, 1.54) is 12.1 Å². The van der Waals surface area contributed by atoms with Crippen molar-refractivity contribution in [3.8, 4) is 0 Å². The largest absolute Gasteiger partial charge is 0.382 e. The number of aryl methyl sites for hydroxylation is 1. The van der Waals surface area contributed by atoms with Crippen LogP contribution in [0.1, 0.15) is 5.56 Å². The average Bonchev–Trinajstić information content (AvgIpc) is 2.34. The van der Waals surface area contributed by atoms with Crippen molar-refractivity contribution in [2.75, 3.05) is 33.5 Å². The summed E-state index contributed by atoms with van der Waals surface area (Å²) in [5.41, 5.74) is 0.997. The highest BCUT2D eigenvalue weighted by Gasteiger charge is 2.14. The molecular weight excluding hydrogens is 270 g/mol. The first-order valence-corrected chi connectivity index (χ1v) is 7.00. The van der Waals surface area contributed by atoms with Gasteiger partial charge in [-0.3, -0.25) is 4.18 Å². The van der Waals surface area contributed by atoms with Crippen LogP contribution in [0.15, 0.2) is 29.2 Å². The molecule has 0 saturated heterocycles. The molecule has 0 amide bonds. The van der Waals surface area contributed by atoms with Gasteiger partial charge in [-0.05, 0) is 19.1 Å². The van der Waals surface area contributed by atoms with Crippen LogP contribution in [-0.4, -0.2) is 42.0 Å². The summed E-state index contributed by atoms with van der Waals surface area (Å²) in [6.45, 7) is 3.00. The molecule has 0 aliphatic heterocycles. The molecule has 1 rings (SSSR count). The smallest absolute Gasteiger partial charge is 0.297 e. The van der Waals surface area contributed by atoms with Crippen LogP contribution in [0.5, 0.6) is 0 Å². The fraction of sp³-hybridized carbons (Fsp3) is 0.500. The quantitative estimate of drug-likeness (QED) is 0.576. The van der Waals surface area contributed by atoms with Crippen LogP contribution in [0.4, 0.5) is 0 Å². The molecule has 0 bridgehead atoms. The Hall–Kier alpha value is -0.990. The molecule has 0 unspecified atom stereocenters. The van der Waals surface area contributed by atoms with Gasteiger partial charge in [-0.2, -0.15) is 8.42 Å². The lowest BCUT2D eigenvalue weighted by molar-refractivity contribution is 0.0554. The number of rotatable bonds is 8. The molecule has 1 aromatic rings. The van der Waals surface area contributed by atoms with E-state index in [9.17, 15) is 8.42 Å². The van der Waals surface area contributed by atoms with Crippen molar-refractivity contribution in [2.45, 2.75) is 11.8 Å². The second-order valence-corrected chi connectivity index (χ2v) is 5.31. The van der Waals surface area contributed by atoms with Gasteiger partial charge in [-0.25, -0.2) is 0 Å². The van der Waals surface area contributed by atoms with Gasteiger partial charge in [0.1, 0.15) is 0 Å². The van der Waals surface area contributed by atoms with Gasteiger partial charge < -0.3 is 15.6 Å². The van der Waals surface area contributed by atoms with Crippen LogP contribution in [-0.2, 0) is 23.8 Å². The highest BCUT2D eigenvalue weighted by atomic mass is 32.2. The molecule has 0 aliphatic rings. The summed E-state index contributed by atoms with van der Waals surface area (Å²) in [5, 5.41) is 0. The van der Waals surface area contributed by atoms with Crippen LogP contribution in [0.3, 0.4) is 0 Å². The number of benzene rings is 1. The van der Waals surface area contributed by atoms with Gasteiger partial charge in [0.25, 0.3) is 10.1 Å². The standard InChI is InChI=1S/C12H18O5S.H3N/c1-11-3-5-12(6-4-11)18(13,14)17-10-9-16-8-7-15-2;/h3-6H,7-10H2,1-2H3;1H3. The van der Waals surface area contributed by atoms with E-state index in [0.29, 0.717) is 13.2 Å². The number of ether oxygens (including phenoxy) is 2. The predicted molar refractivity (Wildman–Crippen MR) is 72.0 cm³/mol. The molecule has 0 spiro atoms. The Kier molecular flexibility index (Phi) is 8.53. The van der Waals surface area contributed by atoms with Gasteiger partial charge in [0, 0.05) is 7.11 Å². The van der Waals surface area contributed by atoms with Crippen LogP contribution in [0.25, 0.3) is 0 Å². The van der Waals surface area contributed by atoms with E-state index in [1.807, 2.05) is 6.92 Å². The van der Waals surface area contributed by atoms with Gasteiger partial charge in [0.05, 0.1) is 31.3 Å². The summed E-state index contributed by atoms with van der Waals surface area (Å²) >= 11 is 0. The molecule has 110 valence electrons. The second kappa shape index (κ2) is 9.00. The van der Waals surface area contributed by atoms with Crippen molar-refractivity contribution in [1.82, 2.24) is 6.15 Å². The third-order valence-corrected chi connectivity index (χ3v) is 3.53. The summed E-state index contributed by atoms with van der Waals surface area (Å²) in [4.78, 5) is 0.157. The van der Waals surface area contributed by atoms with E-state index in [4.69, 9.17) is 13.7 Å². The fourth-order valence-corrected chi connectivity index (χ4v) is 2.11. The number of methoxy groups -OCH3 is 1. The molecule has 0 aliphatic carbocycles. The molecule has 3 N–H and O–H groups in total. The van der Waals surface area contributed by atoms with Crippen LogP contribution in [0, 0.1) is 6.92 Å². The van der Waals surface area contributed by atoms with E-state index in [1.54, 1.807) is 19.2 Å². The Balaban J connectivity index is 0.00000324. The van der Waals surface area contributed by atoms with Crippen LogP contribution in [0.2, 0.25) is 0 Å². The van der Waals surface area contributed by atoms with Crippen molar-refractivity contribution in [1.29, 1.82) is 0 Å². The lowest BCUT2D eigenvalue weighted by atomic mass is 10.2. The molecule has 6 nitrogen and oxygen atoms in total. The van der Waals surface area contributed by atoms with E-state index in [2.05, 4.69) is 0 Å². The summed E-state index contributed by atoms with van der Waals surface area (Å²) in [7, 11) is -2.11. The first-order valence-electron chi connectivity index (χ1n) is 5.59. The molecule has 0 heterocycles. The lowest BCUT2D eigenvalue weighted by Gasteiger charge is -2.06. The first kappa shape index (κ1) is 18.0. The Morgan fingerprint density at radius 2 is 1.58 bits per heavy atom. The van der Waals surface area contributed by atoms with Crippen molar-refractivity contribution in [2.24, 2.45) is 0 Å². The topological polar surface area (TPSA) is 96.8 Å². The minimum atomic E-state index is -3.68. The first-order chi connectivity index (χ1) is 8.56. The maximum atomic E-state index is 11.7. The summed E-state index contributed by atoms with van der Waals surface area (Å²) in [5.74, 6) is 0. The Morgan fingerprint density at radius 3 is 2.16 bits per heavy atom. The number of hydrogen-bond acceptors (Lipinski definition) is 6. The van der Waals surface area contributed by atoms with Gasteiger partial charge in [-0.15, -0.1) is 0 Å². The minimum absolute atomic E-state index is 0. The highest BCUT2D eigenvalue weighted by molar-refractivity contribution is 7.86. The van der Waals surface area contributed by atoms with E-state index >= 15 is 0 Å². The Morgan fingerprint density at radius 1 is 1.00 bits per heavy atom. The van der Waals surface area contributed by atoms with E-state index in [-0.39, 0.29) is 24.3 Å². The van der Waals surface area contributed by atoms with Crippen molar-refractivity contribution >= 4 is 10.1 Å². The molecule has 19 heavy (non-hydrogen) atoms. The molecule has 0 radical (unpaired) electrons. The highest BCUT2D eigenvalue weighted by Crippen LogP contribution is 2.12. The molecule has 0 atom stereocenters. The minimum Gasteiger partial charge on any atom is -0.382 e. The number of hydrogen-bond donors (Lipinski definition) is 1. The second-order valence-electron chi connectivity index (χ2n) is 3.69. The molecular formula is C12H21NO5S. The van der Waals surface area contributed by atoms with Crippen molar-refractivity contribution < 1.29 is 22.1 Å². The van der Waals surface area contributed by atoms with Crippen molar-refractivity contribution in [3.63, 3.8) is 0 Å². The molecule has 0 fully saturated rings. The normalized spacial score (nSPS) is 11.1. The monoisotopic (exact) mass is 291 g/mol. The Labute approximate surface area is 114 Å². The summed E-state index contributed by atoms with van der Waals surface area (Å²) in [6, 6.07) is 6.50. The third-order valence-electron chi connectivity index (χ3n) is 2.21. The van der Waals surface area contributed by atoms with Gasteiger partial charge in [-0.1, -0.05) is 17.7 Å². The van der Waals surface area contributed by atoms with Gasteiger partial charge in [0.15, 0.2) is 0 Å². The predicted octanol–water partition coefficient (Wildman–Crippen LogP) is 1.53. The SMILES string of the molecule is COCCOCCOS(=O)(=O)c1ccc(C)cc1.N. The van der Waals surface area contributed by atoms with Crippen molar-refractivity contribution in [3.05, 3.63) is 29.8 Å². The summed E-state index contributed by atoms with van der Waals surface area (Å²) < 4.78 is 38.2. The van der Waals surface area contributed by atoms with Crippen LogP contribution >= 0.6 is 0 Å². The van der Waals surface area contributed by atoms with Crippen LogP contribution < -0.4 is 6.15 Å². The average molecular weight is 291 g/mol. The fourth-order valence-electron chi connectivity index (χ4n) is 1.22. The maximum absolute atomic E-state index is 11.7. The lowest BCUT2D eigenvalue weighted by Crippen LogP contribution is -2.13. The Bertz CT molecular complexity index is 444. The zero-order valence-electron chi connectivity index (χ0n) is 11.3.